The Morgan fingerprint density at radius 3 is 2.47 bits per heavy atom. The summed E-state index contributed by atoms with van der Waals surface area (Å²) in [6, 6.07) is 7.67. The molecule has 0 radical (unpaired) electrons. The summed E-state index contributed by atoms with van der Waals surface area (Å²) in [7, 11) is 1.74. The predicted octanol–water partition coefficient (Wildman–Crippen LogP) is 1.77. The van der Waals surface area contributed by atoms with Crippen molar-refractivity contribution in [1.82, 2.24) is 5.32 Å². The number of ether oxygens (including phenoxy) is 1. The summed E-state index contributed by atoms with van der Waals surface area (Å²) in [5, 5.41) is 5.59. The highest BCUT2D eigenvalue weighted by Gasteiger charge is 2.01. The fraction of sp³-hybridized carbons (Fsp3) is 0.462. The molecule has 0 bridgehead atoms. The van der Waals surface area contributed by atoms with Gasteiger partial charge in [-0.25, -0.2) is 0 Å². The molecule has 1 aromatic carbocycles. The largest absolute Gasteiger partial charge is 0.374 e. The first-order valence-corrected chi connectivity index (χ1v) is 5.77. The summed E-state index contributed by atoms with van der Waals surface area (Å²) in [4.78, 5) is 11.3. The highest BCUT2D eigenvalue weighted by atomic mass is 16.5. The van der Waals surface area contributed by atoms with Gasteiger partial charge in [0.1, 0.15) is 0 Å². The quantitative estimate of drug-likeness (QED) is 0.791. The van der Waals surface area contributed by atoms with Crippen LogP contribution >= 0.6 is 0 Å². The highest BCUT2D eigenvalue weighted by Crippen LogP contribution is 2.10. The fourth-order valence-corrected chi connectivity index (χ4v) is 1.31. The Hall–Kier alpha value is -1.39. The predicted molar refractivity (Wildman–Crippen MR) is 68.9 cm³/mol. The van der Waals surface area contributed by atoms with E-state index in [4.69, 9.17) is 4.74 Å². The molecule has 0 fully saturated rings. The molecule has 0 saturated heterocycles. The average molecular weight is 236 g/mol. The summed E-state index contributed by atoms with van der Waals surface area (Å²) >= 11 is 0. The van der Waals surface area contributed by atoms with Crippen molar-refractivity contribution in [3.05, 3.63) is 29.8 Å². The first-order valence-electron chi connectivity index (χ1n) is 5.77. The third-order valence-corrected chi connectivity index (χ3v) is 2.16. The van der Waals surface area contributed by atoms with E-state index in [9.17, 15) is 4.79 Å². The van der Waals surface area contributed by atoms with Gasteiger partial charge < -0.3 is 15.4 Å². The van der Waals surface area contributed by atoms with Crippen molar-refractivity contribution in [1.29, 1.82) is 0 Å². The SMILES string of the molecule is CNCC(=O)Nc1ccc(COC(C)C)cc1. The second-order valence-electron chi connectivity index (χ2n) is 4.14. The van der Waals surface area contributed by atoms with Gasteiger partial charge in [-0.3, -0.25) is 4.79 Å². The van der Waals surface area contributed by atoms with Gasteiger partial charge in [0.05, 0.1) is 19.3 Å². The average Bonchev–Trinajstić information content (AvgIpc) is 2.28. The van der Waals surface area contributed by atoms with Gasteiger partial charge >= 0.3 is 0 Å². The Balaban J connectivity index is 2.47. The van der Waals surface area contributed by atoms with Crippen molar-refractivity contribution in [2.75, 3.05) is 18.9 Å². The van der Waals surface area contributed by atoms with Gasteiger partial charge in [0.25, 0.3) is 0 Å². The zero-order valence-corrected chi connectivity index (χ0v) is 10.6. The molecule has 94 valence electrons. The lowest BCUT2D eigenvalue weighted by atomic mass is 10.2. The molecule has 2 N–H and O–H groups in total. The van der Waals surface area contributed by atoms with E-state index in [0.717, 1.165) is 11.3 Å². The minimum atomic E-state index is -0.0429. The Bertz CT molecular complexity index is 347. The molecule has 0 aliphatic rings. The molecule has 0 spiro atoms. The summed E-state index contributed by atoms with van der Waals surface area (Å²) in [5.41, 5.74) is 1.91. The lowest BCUT2D eigenvalue weighted by Gasteiger charge is -2.09. The molecule has 17 heavy (non-hydrogen) atoms. The summed E-state index contributed by atoms with van der Waals surface area (Å²) in [6.07, 6.45) is 0.227. The third-order valence-electron chi connectivity index (χ3n) is 2.16. The van der Waals surface area contributed by atoms with E-state index >= 15 is 0 Å². The van der Waals surface area contributed by atoms with Crippen LogP contribution in [0.2, 0.25) is 0 Å². The summed E-state index contributed by atoms with van der Waals surface area (Å²) in [5.74, 6) is -0.0429. The number of hydrogen-bond acceptors (Lipinski definition) is 3. The first-order chi connectivity index (χ1) is 8.11. The van der Waals surface area contributed by atoms with Crippen molar-refractivity contribution in [3.63, 3.8) is 0 Å². The van der Waals surface area contributed by atoms with Crippen molar-refractivity contribution in [2.24, 2.45) is 0 Å². The zero-order chi connectivity index (χ0) is 12.7. The van der Waals surface area contributed by atoms with Crippen LogP contribution in [-0.2, 0) is 16.1 Å². The Labute approximate surface area is 102 Å². The summed E-state index contributed by atoms with van der Waals surface area (Å²) in [6.45, 7) is 4.93. The first kappa shape index (κ1) is 13.7. The number of carbonyl (C=O) groups is 1. The number of likely N-dealkylation sites (N-methyl/N-ethyl adjacent to an activating group) is 1. The van der Waals surface area contributed by atoms with E-state index in [2.05, 4.69) is 10.6 Å². The van der Waals surface area contributed by atoms with Gasteiger partial charge in [-0.2, -0.15) is 0 Å². The maximum atomic E-state index is 11.3. The van der Waals surface area contributed by atoms with Gasteiger partial charge in [0, 0.05) is 5.69 Å². The molecular formula is C13H20N2O2. The number of amides is 1. The normalized spacial score (nSPS) is 10.6. The van der Waals surface area contributed by atoms with Crippen molar-refractivity contribution in [2.45, 2.75) is 26.6 Å². The number of benzene rings is 1. The van der Waals surface area contributed by atoms with Crippen LogP contribution in [0.25, 0.3) is 0 Å². The highest BCUT2D eigenvalue weighted by molar-refractivity contribution is 5.92. The molecule has 0 aromatic heterocycles. The molecule has 0 atom stereocenters. The Morgan fingerprint density at radius 2 is 1.94 bits per heavy atom. The molecule has 0 saturated carbocycles. The van der Waals surface area contributed by atoms with E-state index < -0.39 is 0 Å². The van der Waals surface area contributed by atoms with Crippen LogP contribution in [-0.4, -0.2) is 25.6 Å². The van der Waals surface area contributed by atoms with Crippen LogP contribution in [0.5, 0.6) is 0 Å². The van der Waals surface area contributed by atoms with Crippen LogP contribution in [0.1, 0.15) is 19.4 Å². The van der Waals surface area contributed by atoms with Crippen molar-refractivity contribution < 1.29 is 9.53 Å². The standard InChI is InChI=1S/C13H20N2O2/c1-10(2)17-9-11-4-6-12(7-5-11)15-13(16)8-14-3/h4-7,10,14H,8-9H2,1-3H3,(H,15,16). The number of carbonyl (C=O) groups excluding carboxylic acids is 1. The molecule has 0 heterocycles. The van der Waals surface area contributed by atoms with E-state index in [1.54, 1.807) is 7.05 Å². The number of nitrogens with one attached hydrogen (secondary N) is 2. The van der Waals surface area contributed by atoms with Crippen molar-refractivity contribution >= 4 is 11.6 Å². The van der Waals surface area contributed by atoms with Gasteiger partial charge in [0.15, 0.2) is 0 Å². The lowest BCUT2D eigenvalue weighted by Crippen LogP contribution is -2.24. The molecule has 4 heteroatoms. The second kappa shape index (κ2) is 7.04. The van der Waals surface area contributed by atoms with Gasteiger partial charge in [-0.1, -0.05) is 12.1 Å². The van der Waals surface area contributed by atoms with Gasteiger partial charge in [-0.05, 0) is 38.6 Å². The number of hydrogen-bond donors (Lipinski definition) is 2. The van der Waals surface area contributed by atoms with E-state index in [1.807, 2.05) is 38.1 Å². The summed E-state index contributed by atoms with van der Waals surface area (Å²) < 4.78 is 5.49. The molecular weight excluding hydrogens is 216 g/mol. The monoisotopic (exact) mass is 236 g/mol. The van der Waals surface area contributed by atoms with Gasteiger partial charge in [-0.15, -0.1) is 0 Å². The topological polar surface area (TPSA) is 50.4 Å². The molecule has 1 rings (SSSR count). The zero-order valence-electron chi connectivity index (χ0n) is 10.6. The van der Waals surface area contributed by atoms with E-state index in [-0.39, 0.29) is 12.0 Å². The minimum absolute atomic E-state index is 0.0429. The van der Waals surface area contributed by atoms with Gasteiger partial charge in [0.2, 0.25) is 5.91 Å². The fourth-order valence-electron chi connectivity index (χ4n) is 1.31. The molecule has 1 aromatic rings. The minimum Gasteiger partial charge on any atom is -0.374 e. The van der Waals surface area contributed by atoms with Crippen LogP contribution in [0.4, 0.5) is 5.69 Å². The third kappa shape index (κ3) is 5.47. The Kier molecular flexibility index (Phi) is 5.66. The smallest absolute Gasteiger partial charge is 0.238 e. The van der Waals surface area contributed by atoms with E-state index in [1.165, 1.54) is 0 Å². The maximum Gasteiger partial charge on any atom is 0.238 e. The van der Waals surface area contributed by atoms with Crippen LogP contribution in [0.3, 0.4) is 0 Å². The van der Waals surface area contributed by atoms with Crippen LogP contribution < -0.4 is 10.6 Å². The molecule has 0 unspecified atom stereocenters. The molecule has 0 aliphatic heterocycles. The number of anilines is 1. The molecule has 4 nitrogen and oxygen atoms in total. The van der Waals surface area contributed by atoms with Crippen molar-refractivity contribution in [3.8, 4) is 0 Å². The van der Waals surface area contributed by atoms with E-state index in [0.29, 0.717) is 13.2 Å². The van der Waals surface area contributed by atoms with Crippen LogP contribution in [0, 0.1) is 0 Å². The Morgan fingerprint density at radius 1 is 1.29 bits per heavy atom. The van der Waals surface area contributed by atoms with Crippen LogP contribution in [0.15, 0.2) is 24.3 Å². The molecule has 1 amide bonds. The number of rotatable bonds is 6. The maximum absolute atomic E-state index is 11.3. The second-order valence-corrected chi connectivity index (χ2v) is 4.14. The molecule has 0 aliphatic carbocycles. The lowest BCUT2D eigenvalue weighted by molar-refractivity contribution is -0.115.